The summed E-state index contributed by atoms with van der Waals surface area (Å²) in [7, 11) is 0. The lowest BCUT2D eigenvalue weighted by Crippen LogP contribution is -2.46. The van der Waals surface area contributed by atoms with Crippen molar-refractivity contribution in [1.29, 1.82) is 0 Å². The van der Waals surface area contributed by atoms with Crippen LogP contribution in [0.4, 0.5) is 0 Å². The van der Waals surface area contributed by atoms with E-state index in [0.29, 0.717) is 19.3 Å². The number of hydrogen-bond donors (Lipinski definition) is 3. The van der Waals surface area contributed by atoms with E-state index >= 15 is 0 Å². The lowest BCUT2D eigenvalue weighted by atomic mass is 10.0. The molecule has 0 bridgehead atoms. The summed E-state index contributed by atoms with van der Waals surface area (Å²) in [5, 5.41) is 23.7. The molecule has 0 aliphatic carbocycles. The Bertz CT molecular complexity index is 1180. The number of esters is 1. The van der Waals surface area contributed by atoms with Crippen LogP contribution in [0.2, 0.25) is 0 Å². The largest absolute Gasteiger partial charge is 0.461 e. The van der Waals surface area contributed by atoms with E-state index in [4.69, 9.17) is 4.74 Å². The van der Waals surface area contributed by atoms with Crippen molar-refractivity contribution in [1.82, 2.24) is 5.32 Å². The Hall–Kier alpha value is -2.96. The van der Waals surface area contributed by atoms with Gasteiger partial charge in [0.1, 0.15) is 6.10 Å². The fraction of sp³-hybridized carbons (Fsp3) is 0.709. The number of allylic oxidation sites excluding steroid dienone is 13. The van der Waals surface area contributed by atoms with Gasteiger partial charge >= 0.3 is 5.97 Å². The van der Waals surface area contributed by atoms with Crippen molar-refractivity contribution >= 4 is 11.9 Å². The molecule has 6 nitrogen and oxygen atoms in total. The maximum absolute atomic E-state index is 13.2. The SMILES string of the molecule is CC/C=C/C/C=C/C/C=C/CCCCCCC(=O)OC(C/C=C\C/C=C\C/C=C\C/C=C\CCCCC)CC(=O)NC(CO)C(O)CCCCCCCCCCCCCCC. The van der Waals surface area contributed by atoms with Gasteiger partial charge in [-0.05, 0) is 77.0 Å². The molecule has 1 amide bonds. The smallest absolute Gasteiger partial charge is 0.306 e. The van der Waals surface area contributed by atoms with Crippen molar-refractivity contribution in [3.63, 3.8) is 0 Å². The molecule has 0 radical (unpaired) electrons. The first kappa shape index (κ1) is 58.0. The van der Waals surface area contributed by atoms with Crippen LogP contribution in [0.15, 0.2) is 85.1 Å². The molecule has 0 saturated carbocycles. The summed E-state index contributed by atoms with van der Waals surface area (Å²) in [6.07, 6.45) is 62.2. The van der Waals surface area contributed by atoms with Gasteiger partial charge in [0, 0.05) is 12.8 Å². The Kier molecular flexibility index (Phi) is 45.7. The molecule has 61 heavy (non-hydrogen) atoms. The van der Waals surface area contributed by atoms with Gasteiger partial charge in [0.2, 0.25) is 5.91 Å². The van der Waals surface area contributed by atoms with Crippen LogP contribution in [0.1, 0.15) is 226 Å². The van der Waals surface area contributed by atoms with E-state index in [9.17, 15) is 19.8 Å². The highest BCUT2D eigenvalue weighted by atomic mass is 16.5. The van der Waals surface area contributed by atoms with E-state index in [-0.39, 0.29) is 24.9 Å². The highest BCUT2D eigenvalue weighted by Crippen LogP contribution is 2.16. The second-order valence-electron chi connectivity index (χ2n) is 16.8. The number of rotatable bonds is 44. The van der Waals surface area contributed by atoms with Gasteiger partial charge in [-0.1, -0.05) is 215 Å². The molecule has 3 unspecified atom stereocenters. The van der Waals surface area contributed by atoms with Crippen molar-refractivity contribution in [3.05, 3.63) is 85.1 Å². The molecular formula is C55H95NO5. The van der Waals surface area contributed by atoms with E-state index in [1.165, 1.54) is 89.9 Å². The molecule has 0 aliphatic heterocycles. The lowest BCUT2D eigenvalue weighted by molar-refractivity contribution is -0.150. The predicted molar refractivity (Wildman–Crippen MR) is 264 cm³/mol. The van der Waals surface area contributed by atoms with Crippen LogP contribution in [0.5, 0.6) is 0 Å². The van der Waals surface area contributed by atoms with Gasteiger partial charge < -0.3 is 20.3 Å². The number of carbonyl (C=O) groups excluding carboxylic acids is 2. The summed E-state index contributed by atoms with van der Waals surface area (Å²) in [6.45, 7) is 6.30. The molecule has 3 N–H and O–H groups in total. The van der Waals surface area contributed by atoms with E-state index in [1.807, 2.05) is 12.2 Å². The monoisotopic (exact) mass is 850 g/mol. The molecule has 0 aromatic heterocycles. The third-order valence-electron chi connectivity index (χ3n) is 11.0. The number of nitrogens with one attached hydrogen (secondary N) is 1. The van der Waals surface area contributed by atoms with Crippen molar-refractivity contribution < 1.29 is 24.5 Å². The number of ether oxygens (including phenoxy) is 1. The first-order valence-corrected chi connectivity index (χ1v) is 25.3. The van der Waals surface area contributed by atoms with Crippen LogP contribution in [-0.2, 0) is 14.3 Å². The standard InChI is InChI=1S/C55H95NO5/c1-4-7-10-13-16-19-22-25-27-29-31-34-37-40-43-46-51(61-55(60)48-45-42-39-36-33-30-26-23-20-17-14-11-8-5-2)49-54(59)56-52(50-57)53(58)47-44-41-38-35-32-28-24-21-18-15-12-9-6-3/h8,11,16-17,19-20,25-27,30-31,34,40,43,51-53,57-58H,4-7,9-10,12-15,18,21-24,28-29,32-33,35-39,41-42,44-50H2,1-3H3,(H,56,59)/b11-8+,19-16-,20-17+,27-25-,30-26+,34-31-,43-40-. The Morgan fingerprint density at radius 3 is 1.43 bits per heavy atom. The zero-order chi connectivity index (χ0) is 44.5. The molecular weight excluding hydrogens is 755 g/mol. The van der Waals surface area contributed by atoms with E-state index < -0.39 is 18.2 Å². The van der Waals surface area contributed by atoms with Crippen LogP contribution in [0, 0.1) is 0 Å². The molecule has 0 rings (SSSR count). The number of amides is 1. The quantitative estimate of drug-likeness (QED) is 0.0322. The molecule has 3 atom stereocenters. The first-order valence-electron chi connectivity index (χ1n) is 25.3. The minimum absolute atomic E-state index is 0.0112. The molecule has 0 heterocycles. The summed E-state index contributed by atoms with van der Waals surface area (Å²) in [4.78, 5) is 26.1. The predicted octanol–water partition coefficient (Wildman–Crippen LogP) is 15.2. The third-order valence-corrected chi connectivity index (χ3v) is 11.0. The normalized spacial score (nSPS) is 14.0. The highest BCUT2D eigenvalue weighted by Gasteiger charge is 2.23. The number of carbonyl (C=O) groups is 2. The average Bonchev–Trinajstić information content (AvgIpc) is 3.25. The van der Waals surface area contributed by atoms with Crippen molar-refractivity contribution in [2.75, 3.05) is 6.61 Å². The van der Waals surface area contributed by atoms with Gasteiger partial charge in [-0.15, -0.1) is 0 Å². The lowest BCUT2D eigenvalue weighted by Gasteiger charge is -2.24. The average molecular weight is 850 g/mol. The number of aliphatic hydroxyl groups is 2. The second-order valence-corrected chi connectivity index (χ2v) is 16.8. The van der Waals surface area contributed by atoms with Crippen molar-refractivity contribution in [3.8, 4) is 0 Å². The Morgan fingerprint density at radius 1 is 0.508 bits per heavy atom. The van der Waals surface area contributed by atoms with Gasteiger partial charge in [-0.25, -0.2) is 0 Å². The molecule has 0 aromatic carbocycles. The third kappa shape index (κ3) is 43.5. The van der Waals surface area contributed by atoms with Gasteiger partial charge in [-0.3, -0.25) is 9.59 Å². The van der Waals surface area contributed by atoms with Crippen LogP contribution in [0.25, 0.3) is 0 Å². The number of hydrogen-bond acceptors (Lipinski definition) is 5. The number of unbranched alkanes of at least 4 members (excludes halogenated alkanes) is 19. The summed E-state index contributed by atoms with van der Waals surface area (Å²) in [5.41, 5.74) is 0. The van der Waals surface area contributed by atoms with Gasteiger partial charge in [0.15, 0.2) is 0 Å². The van der Waals surface area contributed by atoms with Crippen LogP contribution < -0.4 is 5.32 Å². The summed E-state index contributed by atoms with van der Waals surface area (Å²) >= 11 is 0. The van der Waals surface area contributed by atoms with Crippen LogP contribution in [0.3, 0.4) is 0 Å². The zero-order valence-corrected chi connectivity index (χ0v) is 39.8. The Labute approximate surface area is 376 Å². The second kappa shape index (κ2) is 48.1. The first-order chi connectivity index (χ1) is 30.0. The molecule has 0 aliphatic rings. The Balaban J connectivity index is 4.77. The summed E-state index contributed by atoms with van der Waals surface area (Å²) in [6, 6.07) is -0.739. The maximum atomic E-state index is 13.2. The molecule has 6 heteroatoms. The van der Waals surface area contributed by atoms with Crippen LogP contribution in [-0.4, -0.2) is 46.9 Å². The fourth-order valence-electron chi connectivity index (χ4n) is 7.13. The molecule has 0 spiro atoms. The van der Waals surface area contributed by atoms with Gasteiger partial charge in [0.05, 0.1) is 25.2 Å². The van der Waals surface area contributed by atoms with Gasteiger partial charge in [0.25, 0.3) is 0 Å². The molecule has 350 valence electrons. The van der Waals surface area contributed by atoms with Gasteiger partial charge in [-0.2, -0.15) is 0 Å². The van der Waals surface area contributed by atoms with E-state index in [2.05, 4.69) is 99.0 Å². The minimum Gasteiger partial charge on any atom is -0.461 e. The molecule has 0 saturated heterocycles. The molecule has 0 aromatic rings. The van der Waals surface area contributed by atoms with E-state index in [0.717, 1.165) is 89.9 Å². The Morgan fingerprint density at radius 2 is 0.918 bits per heavy atom. The maximum Gasteiger partial charge on any atom is 0.306 e. The van der Waals surface area contributed by atoms with Crippen LogP contribution >= 0.6 is 0 Å². The fourth-order valence-corrected chi connectivity index (χ4v) is 7.13. The number of aliphatic hydroxyl groups excluding tert-OH is 2. The van der Waals surface area contributed by atoms with Crippen molar-refractivity contribution in [2.45, 2.75) is 244 Å². The van der Waals surface area contributed by atoms with Crippen molar-refractivity contribution in [2.24, 2.45) is 0 Å². The zero-order valence-electron chi connectivity index (χ0n) is 39.8. The topological polar surface area (TPSA) is 95.9 Å². The highest BCUT2D eigenvalue weighted by molar-refractivity contribution is 5.77. The molecule has 0 fully saturated rings. The summed E-state index contributed by atoms with van der Waals surface area (Å²) < 4.78 is 5.85. The summed E-state index contributed by atoms with van der Waals surface area (Å²) in [5.74, 6) is -0.607. The minimum atomic E-state index is -0.818. The van der Waals surface area contributed by atoms with E-state index in [1.54, 1.807) is 0 Å².